The minimum atomic E-state index is -0.750. The molecule has 92 valence electrons. The summed E-state index contributed by atoms with van der Waals surface area (Å²) in [5.41, 5.74) is 1.09. The van der Waals surface area contributed by atoms with Crippen molar-refractivity contribution in [3.8, 4) is 5.75 Å². The van der Waals surface area contributed by atoms with Crippen LogP contribution < -0.4 is 4.74 Å². The van der Waals surface area contributed by atoms with Crippen molar-refractivity contribution in [3.05, 3.63) is 27.7 Å². The standard InChI is InChI=1S/C13H15BrO3/c1-8-6-9(11(17-2)10(14)7-8)13(12(15)16)4-3-5-13/h6-7H,3-5H2,1-2H3,(H,15,16). The van der Waals surface area contributed by atoms with Gasteiger partial charge in [0.15, 0.2) is 0 Å². The zero-order valence-corrected chi connectivity index (χ0v) is 11.5. The number of carboxylic acids is 1. The summed E-state index contributed by atoms with van der Waals surface area (Å²) in [6.07, 6.45) is 2.34. The highest BCUT2D eigenvalue weighted by Crippen LogP contribution is 2.49. The maximum Gasteiger partial charge on any atom is 0.314 e. The van der Waals surface area contributed by atoms with Crippen LogP contribution in [-0.4, -0.2) is 18.2 Å². The Morgan fingerprint density at radius 3 is 2.53 bits per heavy atom. The third kappa shape index (κ3) is 1.84. The van der Waals surface area contributed by atoms with Gasteiger partial charge in [-0.05, 0) is 47.3 Å². The summed E-state index contributed by atoms with van der Waals surface area (Å²) in [6.45, 7) is 1.96. The summed E-state index contributed by atoms with van der Waals surface area (Å²) in [6, 6.07) is 3.87. The van der Waals surface area contributed by atoms with Crippen LogP contribution in [0.25, 0.3) is 0 Å². The molecule has 0 spiro atoms. The second kappa shape index (κ2) is 4.33. The maximum absolute atomic E-state index is 11.5. The highest BCUT2D eigenvalue weighted by atomic mass is 79.9. The van der Waals surface area contributed by atoms with E-state index in [4.69, 9.17) is 4.74 Å². The minimum absolute atomic E-state index is 0.651. The molecule has 3 nitrogen and oxygen atoms in total. The van der Waals surface area contributed by atoms with E-state index < -0.39 is 11.4 Å². The van der Waals surface area contributed by atoms with E-state index in [1.54, 1.807) is 7.11 Å². The molecule has 0 bridgehead atoms. The van der Waals surface area contributed by atoms with Crippen LogP contribution in [0.15, 0.2) is 16.6 Å². The van der Waals surface area contributed by atoms with Gasteiger partial charge in [-0.1, -0.05) is 12.5 Å². The van der Waals surface area contributed by atoms with Crippen LogP contribution in [0.4, 0.5) is 0 Å². The number of hydrogen-bond donors (Lipinski definition) is 1. The molecule has 4 heteroatoms. The van der Waals surface area contributed by atoms with E-state index in [1.165, 1.54) is 0 Å². The van der Waals surface area contributed by atoms with E-state index in [0.29, 0.717) is 18.6 Å². The van der Waals surface area contributed by atoms with Crippen LogP contribution in [0.5, 0.6) is 5.75 Å². The van der Waals surface area contributed by atoms with Crippen molar-refractivity contribution in [2.24, 2.45) is 0 Å². The number of hydrogen-bond acceptors (Lipinski definition) is 2. The molecule has 17 heavy (non-hydrogen) atoms. The Morgan fingerprint density at radius 1 is 1.47 bits per heavy atom. The van der Waals surface area contributed by atoms with Crippen LogP contribution in [0.3, 0.4) is 0 Å². The first-order valence-corrected chi connectivity index (χ1v) is 6.38. The van der Waals surface area contributed by atoms with Crippen molar-refractivity contribution in [3.63, 3.8) is 0 Å². The lowest BCUT2D eigenvalue weighted by Gasteiger charge is -2.39. The van der Waals surface area contributed by atoms with Gasteiger partial charge in [0, 0.05) is 5.56 Å². The Balaban J connectivity index is 2.61. The molecule has 0 unspecified atom stereocenters. The summed E-state index contributed by atoms with van der Waals surface area (Å²) in [5.74, 6) is -0.0998. The normalized spacial score (nSPS) is 17.4. The zero-order valence-electron chi connectivity index (χ0n) is 9.92. The number of aliphatic carboxylic acids is 1. The van der Waals surface area contributed by atoms with Crippen molar-refractivity contribution >= 4 is 21.9 Å². The molecule has 1 aromatic carbocycles. The van der Waals surface area contributed by atoms with Gasteiger partial charge in [-0.15, -0.1) is 0 Å². The molecule has 0 aliphatic heterocycles. The third-order valence-corrected chi connectivity index (χ3v) is 4.11. The summed E-state index contributed by atoms with van der Waals surface area (Å²) in [5, 5.41) is 9.47. The number of benzene rings is 1. The SMILES string of the molecule is COc1c(Br)cc(C)cc1C1(C(=O)O)CCC1. The lowest BCUT2D eigenvalue weighted by Crippen LogP contribution is -2.42. The van der Waals surface area contributed by atoms with E-state index in [-0.39, 0.29) is 0 Å². The van der Waals surface area contributed by atoms with Gasteiger partial charge in [-0.3, -0.25) is 4.79 Å². The number of carbonyl (C=O) groups is 1. The fraction of sp³-hybridized carbons (Fsp3) is 0.462. The van der Waals surface area contributed by atoms with Crippen molar-refractivity contribution in [2.75, 3.05) is 7.11 Å². The summed E-state index contributed by atoms with van der Waals surface area (Å²) < 4.78 is 6.17. The molecular formula is C13H15BrO3. The lowest BCUT2D eigenvalue weighted by molar-refractivity contribution is -0.147. The molecule has 0 heterocycles. The van der Waals surface area contributed by atoms with E-state index in [2.05, 4.69) is 15.9 Å². The Hall–Kier alpha value is -1.03. The van der Waals surface area contributed by atoms with Gasteiger partial charge in [-0.2, -0.15) is 0 Å². The molecule has 0 amide bonds. The average Bonchev–Trinajstić information content (AvgIpc) is 2.14. The molecule has 1 aliphatic rings. The summed E-state index contributed by atoms with van der Waals surface area (Å²) in [4.78, 5) is 11.5. The summed E-state index contributed by atoms with van der Waals surface area (Å²) in [7, 11) is 1.58. The van der Waals surface area contributed by atoms with E-state index in [0.717, 1.165) is 22.0 Å². The van der Waals surface area contributed by atoms with Crippen molar-refractivity contribution in [1.29, 1.82) is 0 Å². The van der Waals surface area contributed by atoms with Gasteiger partial charge in [0.2, 0.25) is 0 Å². The van der Waals surface area contributed by atoms with E-state index in [1.807, 2.05) is 19.1 Å². The lowest BCUT2D eigenvalue weighted by atomic mass is 9.64. The predicted octanol–water partition coefficient (Wildman–Crippen LogP) is 3.27. The second-order valence-corrected chi connectivity index (χ2v) is 5.42. The Bertz CT molecular complexity index is 464. The maximum atomic E-state index is 11.5. The molecule has 1 aliphatic carbocycles. The quantitative estimate of drug-likeness (QED) is 0.931. The number of rotatable bonds is 3. The van der Waals surface area contributed by atoms with Gasteiger partial charge in [0.1, 0.15) is 5.75 Å². The molecule has 1 N–H and O–H groups in total. The molecule has 0 saturated heterocycles. The third-order valence-electron chi connectivity index (χ3n) is 3.52. The minimum Gasteiger partial charge on any atom is -0.495 e. The van der Waals surface area contributed by atoms with Crippen molar-refractivity contribution < 1.29 is 14.6 Å². The molecule has 0 radical (unpaired) electrons. The van der Waals surface area contributed by atoms with Crippen LogP contribution in [0, 0.1) is 6.92 Å². The first kappa shape index (κ1) is 12.4. The fourth-order valence-electron chi connectivity index (χ4n) is 2.42. The number of methoxy groups -OCH3 is 1. The predicted molar refractivity (Wildman–Crippen MR) is 68.6 cm³/mol. The van der Waals surface area contributed by atoms with E-state index in [9.17, 15) is 9.90 Å². The molecule has 0 aromatic heterocycles. The number of ether oxygens (including phenoxy) is 1. The largest absolute Gasteiger partial charge is 0.495 e. The summed E-state index contributed by atoms with van der Waals surface area (Å²) >= 11 is 3.44. The second-order valence-electron chi connectivity index (χ2n) is 4.57. The first-order chi connectivity index (χ1) is 8.01. The van der Waals surface area contributed by atoms with Gasteiger partial charge in [0.25, 0.3) is 0 Å². The number of aryl methyl sites for hydroxylation is 1. The molecular weight excluding hydrogens is 284 g/mol. The van der Waals surface area contributed by atoms with Crippen molar-refractivity contribution in [1.82, 2.24) is 0 Å². The fourth-order valence-corrected chi connectivity index (χ4v) is 3.16. The smallest absolute Gasteiger partial charge is 0.314 e. The molecule has 2 rings (SSSR count). The van der Waals surface area contributed by atoms with Crippen LogP contribution in [-0.2, 0) is 10.2 Å². The van der Waals surface area contributed by atoms with Gasteiger partial charge in [-0.25, -0.2) is 0 Å². The molecule has 0 atom stereocenters. The molecule has 1 fully saturated rings. The molecule has 1 aromatic rings. The van der Waals surface area contributed by atoms with Crippen LogP contribution >= 0.6 is 15.9 Å². The van der Waals surface area contributed by atoms with Crippen LogP contribution in [0.1, 0.15) is 30.4 Å². The highest BCUT2D eigenvalue weighted by Gasteiger charge is 2.48. The van der Waals surface area contributed by atoms with Crippen molar-refractivity contribution in [2.45, 2.75) is 31.6 Å². The first-order valence-electron chi connectivity index (χ1n) is 5.59. The molecule has 1 saturated carbocycles. The van der Waals surface area contributed by atoms with Gasteiger partial charge >= 0.3 is 5.97 Å². The van der Waals surface area contributed by atoms with E-state index >= 15 is 0 Å². The zero-order chi connectivity index (χ0) is 12.6. The average molecular weight is 299 g/mol. The highest BCUT2D eigenvalue weighted by molar-refractivity contribution is 9.10. The number of halogens is 1. The van der Waals surface area contributed by atoms with Gasteiger partial charge < -0.3 is 9.84 Å². The Kier molecular flexibility index (Phi) is 3.17. The monoisotopic (exact) mass is 298 g/mol. The Labute approximate surface area is 109 Å². The van der Waals surface area contributed by atoms with Gasteiger partial charge in [0.05, 0.1) is 17.0 Å². The topological polar surface area (TPSA) is 46.5 Å². The number of carboxylic acid groups (broad SMARTS) is 1. The Morgan fingerprint density at radius 2 is 2.12 bits per heavy atom. The van der Waals surface area contributed by atoms with Crippen LogP contribution in [0.2, 0.25) is 0 Å².